The molecule has 0 radical (unpaired) electrons. The summed E-state index contributed by atoms with van der Waals surface area (Å²) in [6, 6.07) is 8.56. The van der Waals surface area contributed by atoms with Gasteiger partial charge in [-0.1, -0.05) is 24.3 Å². The maximum Gasteiger partial charge on any atom is 0.163 e. The van der Waals surface area contributed by atoms with Crippen molar-refractivity contribution in [2.75, 3.05) is 0 Å². The minimum atomic E-state index is 0.107. The molecular formula is C16H18N2O. The number of Topliss-reactive ketones (excluding diaryl/α,β-unsaturated/α-hetero) is 1. The maximum absolute atomic E-state index is 11.6. The molecule has 3 nitrogen and oxygen atoms in total. The first kappa shape index (κ1) is 12.2. The van der Waals surface area contributed by atoms with Gasteiger partial charge in [-0.15, -0.1) is 0 Å². The number of carbonyl (C=O) groups excluding carboxylic acids is 1. The zero-order chi connectivity index (χ0) is 13.6. The topological polar surface area (TPSA) is 34.9 Å². The SMILES string of the molecule is CC(=O)c1c(C)nn(CC2Cc3ccccc32)c1C. The van der Waals surface area contributed by atoms with Gasteiger partial charge in [0.25, 0.3) is 0 Å². The molecule has 3 rings (SSSR count). The molecule has 0 saturated carbocycles. The van der Waals surface area contributed by atoms with Crippen molar-refractivity contribution in [3.63, 3.8) is 0 Å². The first-order valence-corrected chi connectivity index (χ1v) is 6.70. The molecule has 0 bridgehead atoms. The molecule has 2 aromatic rings. The summed E-state index contributed by atoms with van der Waals surface area (Å²) >= 11 is 0. The van der Waals surface area contributed by atoms with Crippen molar-refractivity contribution in [2.45, 2.75) is 39.7 Å². The second-order valence-corrected chi connectivity index (χ2v) is 5.38. The number of ketones is 1. The Morgan fingerprint density at radius 3 is 2.74 bits per heavy atom. The summed E-state index contributed by atoms with van der Waals surface area (Å²) in [6.45, 7) is 6.38. The van der Waals surface area contributed by atoms with Gasteiger partial charge in [0.05, 0.1) is 11.3 Å². The minimum absolute atomic E-state index is 0.107. The van der Waals surface area contributed by atoms with Crippen LogP contribution in [0.2, 0.25) is 0 Å². The summed E-state index contributed by atoms with van der Waals surface area (Å²) in [4.78, 5) is 11.6. The van der Waals surface area contributed by atoms with Crippen LogP contribution in [0.1, 0.15) is 45.7 Å². The van der Waals surface area contributed by atoms with Gasteiger partial charge in [0, 0.05) is 18.2 Å². The smallest absolute Gasteiger partial charge is 0.163 e. The highest BCUT2D eigenvalue weighted by atomic mass is 16.1. The molecule has 0 fully saturated rings. The molecule has 0 N–H and O–H groups in total. The van der Waals surface area contributed by atoms with E-state index in [1.807, 2.05) is 18.5 Å². The molecule has 1 aromatic heterocycles. The van der Waals surface area contributed by atoms with Gasteiger partial charge in [0.2, 0.25) is 0 Å². The normalized spacial score (nSPS) is 16.9. The first-order chi connectivity index (χ1) is 9.08. The van der Waals surface area contributed by atoms with Crippen LogP contribution in [0.3, 0.4) is 0 Å². The monoisotopic (exact) mass is 254 g/mol. The Balaban J connectivity index is 1.87. The number of hydrogen-bond acceptors (Lipinski definition) is 2. The van der Waals surface area contributed by atoms with Crippen LogP contribution in [0.15, 0.2) is 24.3 Å². The van der Waals surface area contributed by atoms with Crippen molar-refractivity contribution < 1.29 is 4.79 Å². The maximum atomic E-state index is 11.6. The number of aromatic nitrogens is 2. The highest BCUT2D eigenvalue weighted by molar-refractivity contribution is 5.96. The summed E-state index contributed by atoms with van der Waals surface area (Å²) in [7, 11) is 0. The predicted molar refractivity (Wildman–Crippen MR) is 74.6 cm³/mol. The fourth-order valence-corrected chi connectivity index (χ4v) is 3.12. The van der Waals surface area contributed by atoms with E-state index >= 15 is 0 Å². The lowest BCUT2D eigenvalue weighted by Gasteiger charge is -2.30. The van der Waals surface area contributed by atoms with Crippen molar-refractivity contribution in [1.82, 2.24) is 9.78 Å². The second-order valence-electron chi connectivity index (χ2n) is 5.38. The van der Waals surface area contributed by atoms with Crippen LogP contribution in [0.25, 0.3) is 0 Å². The summed E-state index contributed by atoms with van der Waals surface area (Å²) in [6.07, 6.45) is 1.12. The first-order valence-electron chi connectivity index (χ1n) is 6.70. The van der Waals surface area contributed by atoms with Crippen molar-refractivity contribution in [3.05, 3.63) is 52.3 Å². The number of hydrogen-bond donors (Lipinski definition) is 0. The molecule has 98 valence electrons. The van der Waals surface area contributed by atoms with E-state index in [4.69, 9.17) is 0 Å². The summed E-state index contributed by atoms with van der Waals surface area (Å²) in [5.74, 6) is 0.643. The van der Waals surface area contributed by atoms with Crippen molar-refractivity contribution in [2.24, 2.45) is 0 Å². The van der Waals surface area contributed by atoms with Crippen molar-refractivity contribution >= 4 is 5.78 Å². The average Bonchev–Trinajstić information content (AvgIpc) is 2.61. The van der Waals surface area contributed by atoms with E-state index in [9.17, 15) is 4.79 Å². The van der Waals surface area contributed by atoms with E-state index < -0.39 is 0 Å². The number of rotatable bonds is 3. The van der Waals surface area contributed by atoms with Crippen LogP contribution >= 0.6 is 0 Å². The lowest BCUT2D eigenvalue weighted by molar-refractivity contribution is 0.101. The van der Waals surface area contributed by atoms with Crippen LogP contribution < -0.4 is 0 Å². The highest BCUT2D eigenvalue weighted by Gasteiger charge is 2.27. The van der Waals surface area contributed by atoms with E-state index in [1.54, 1.807) is 6.92 Å². The molecule has 0 aliphatic heterocycles. The third-order valence-corrected chi connectivity index (χ3v) is 4.09. The average molecular weight is 254 g/mol. The molecule has 1 aromatic carbocycles. The summed E-state index contributed by atoms with van der Waals surface area (Å²) in [5, 5.41) is 4.52. The van der Waals surface area contributed by atoms with E-state index in [0.29, 0.717) is 5.92 Å². The van der Waals surface area contributed by atoms with Gasteiger partial charge in [-0.3, -0.25) is 9.48 Å². The van der Waals surface area contributed by atoms with Crippen molar-refractivity contribution in [1.29, 1.82) is 0 Å². The molecular weight excluding hydrogens is 236 g/mol. The van der Waals surface area contributed by atoms with Crippen molar-refractivity contribution in [3.8, 4) is 0 Å². The Bertz CT molecular complexity index is 655. The number of aryl methyl sites for hydroxylation is 1. The number of fused-ring (bicyclic) bond motifs is 1. The van der Waals surface area contributed by atoms with Gasteiger partial charge >= 0.3 is 0 Å². The third-order valence-electron chi connectivity index (χ3n) is 4.09. The molecule has 1 aliphatic carbocycles. The van der Waals surface area contributed by atoms with Gasteiger partial charge < -0.3 is 0 Å². The van der Waals surface area contributed by atoms with E-state index in [0.717, 1.165) is 29.9 Å². The van der Waals surface area contributed by atoms with Crippen LogP contribution in [0.4, 0.5) is 0 Å². The van der Waals surface area contributed by atoms with Gasteiger partial charge in [-0.25, -0.2) is 0 Å². The van der Waals surface area contributed by atoms with E-state index in [1.165, 1.54) is 11.1 Å². The van der Waals surface area contributed by atoms with Crippen LogP contribution in [0, 0.1) is 13.8 Å². The fourth-order valence-electron chi connectivity index (χ4n) is 3.12. The molecule has 1 aliphatic rings. The minimum Gasteiger partial charge on any atom is -0.294 e. The molecule has 19 heavy (non-hydrogen) atoms. The Kier molecular flexibility index (Phi) is 2.77. The van der Waals surface area contributed by atoms with Crippen LogP contribution in [-0.2, 0) is 13.0 Å². The molecule has 0 amide bonds. The zero-order valence-corrected chi connectivity index (χ0v) is 11.6. The van der Waals surface area contributed by atoms with Crippen LogP contribution in [-0.4, -0.2) is 15.6 Å². The zero-order valence-electron chi connectivity index (χ0n) is 11.6. The lowest BCUT2D eigenvalue weighted by atomic mass is 9.77. The Labute approximate surface area is 113 Å². The van der Waals surface area contributed by atoms with Crippen LogP contribution in [0.5, 0.6) is 0 Å². The predicted octanol–water partition coefficient (Wildman–Crippen LogP) is 3.04. The molecule has 0 spiro atoms. The Hall–Kier alpha value is -1.90. The fraction of sp³-hybridized carbons (Fsp3) is 0.375. The standard InChI is InChI=1S/C16H18N2O/c1-10-16(12(3)19)11(2)18(17-10)9-14-8-13-6-4-5-7-15(13)14/h4-7,14H,8-9H2,1-3H3. The van der Waals surface area contributed by atoms with E-state index in [2.05, 4.69) is 29.4 Å². The number of nitrogens with zero attached hydrogens (tertiary/aromatic N) is 2. The molecule has 3 heteroatoms. The Morgan fingerprint density at radius 1 is 1.37 bits per heavy atom. The van der Waals surface area contributed by atoms with E-state index in [-0.39, 0.29) is 5.78 Å². The number of benzene rings is 1. The number of carbonyl (C=O) groups is 1. The molecule has 0 saturated heterocycles. The lowest BCUT2D eigenvalue weighted by Crippen LogP contribution is -2.23. The summed E-state index contributed by atoms with van der Waals surface area (Å²) in [5.41, 5.74) is 5.50. The quantitative estimate of drug-likeness (QED) is 0.789. The third kappa shape index (κ3) is 1.89. The van der Waals surface area contributed by atoms with Gasteiger partial charge in [-0.2, -0.15) is 5.10 Å². The Morgan fingerprint density at radius 2 is 2.11 bits per heavy atom. The second kappa shape index (κ2) is 4.34. The van der Waals surface area contributed by atoms with Gasteiger partial charge in [-0.05, 0) is 38.3 Å². The van der Waals surface area contributed by atoms with Gasteiger partial charge in [0.1, 0.15) is 0 Å². The molecule has 1 unspecified atom stereocenters. The molecule has 1 heterocycles. The molecule has 1 atom stereocenters. The van der Waals surface area contributed by atoms with Gasteiger partial charge in [0.15, 0.2) is 5.78 Å². The largest absolute Gasteiger partial charge is 0.294 e. The highest BCUT2D eigenvalue weighted by Crippen LogP contribution is 2.36. The summed E-state index contributed by atoms with van der Waals surface area (Å²) < 4.78 is 1.99.